The van der Waals surface area contributed by atoms with E-state index in [9.17, 15) is 9.59 Å². The molecule has 150 valence electrons. The molecule has 2 aliphatic heterocycles. The van der Waals surface area contributed by atoms with Crippen molar-refractivity contribution in [3.05, 3.63) is 82.3 Å². The first-order valence-electron chi connectivity index (χ1n) is 9.65. The van der Waals surface area contributed by atoms with Gasteiger partial charge in [0.15, 0.2) is 5.66 Å². The maximum atomic E-state index is 13.5. The molecule has 4 heterocycles. The summed E-state index contributed by atoms with van der Waals surface area (Å²) in [6.07, 6.45) is 3.03. The van der Waals surface area contributed by atoms with Crippen LogP contribution in [0.2, 0.25) is 0 Å². The van der Waals surface area contributed by atoms with Gasteiger partial charge in [0.05, 0.1) is 24.5 Å². The summed E-state index contributed by atoms with van der Waals surface area (Å²) in [7, 11) is 0. The standard InChI is InChI=1S/C22H19N5O3/c1-14-4-6-16(7-5-14)22-13-25-11-17(23-3)10-19(25)21(29)27(22)9-8-26(22)20(28)18-12-30-24-15(18)2/h4-7,10-12H,8-9,13H2,1-2H3. The molecule has 0 N–H and O–H groups in total. The Bertz CT molecular complexity index is 1220. The molecule has 1 atom stereocenters. The molecule has 1 aromatic carbocycles. The first-order valence-corrected chi connectivity index (χ1v) is 9.65. The van der Waals surface area contributed by atoms with Crippen molar-refractivity contribution in [1.29, 1.82) is 0 Å². The predicted molar refractivity (Wildman–Crippen MR) is 107 cm³/mol. The Morgan fingerprint density at radius 2 is 2.00 bits per heavy atom. The molecule has 30 heavy (non-hydrogen) atoms. The van der Waals surface area contributed by atoms with Crippen LogP contribution in [0.5, 0.6) is 0 Å². The molecule has 2 aliphatic rings. The summed E-state index contributed by atoms with van der Waals surface area (Å²) in [5.41, 5.74) is 2.73. The Labute approximate surface area is 173 Å². The molecule has 8 nitrogen and oxygen atoms in total. The van der Waals surface area contributed by atoms with Gasteiger partial charge in [-0.05, 0) is 25.5 Å². The molecule has 2 aromatic heterocycles. The van der Waals surface area contributed by atoms with E-state index in [2.05, 4.69) is 10.0 Å². The van der Waals surface area contributed by atoms with Crippen molar-refractivity contribution in [3.8, 4) is 0 Å². The molecule has 0 radical (unpaired) electrons. The smallest absolute Gasteiger partial charge is 0.271 e. The van der Waals surface area contributed by atoms with Crippen molar-refractivity contribution in [3.63, 3.8) is 0 Å². The highest BCUT2D eigenvalue weighted by molar-refractivity contribution is 5.99. The van der Waals surface area contributed by atoms with Gasteiger partial charge in [-0.1, -0.05) is 35.0 Å². The van der Waals surface area contributed by atoms with E-state index in [0.29, 0.717) is 42.3 Å². The van der Waals surface area contributed by atoms with E-state index in [1.807, 2.05) is 31.2 Å². The van der Waals surface area contributed by atoms with Crippen molar-refractivity contribution >= 4 is 17.5 Å². The summed E-state index contributed by atoms with van der Waals surface area (Å²) in [5.74, 6) is -0.417. The molecule has 5 rings (SSSR count). The zero-order chi connectivity index (χ0) is 21.0. The van der Waals surface area contributed by atoms with E-state index >= 15 is 0 Å². The van der Waals surface area contributed by atoms with Crippen LogP contribution in [-0.2, 0) is 12.2 Å². The van der Waals surface area contributed by atoms with Crippen LogP contribution in [0.15, 0.2) is 47.3 Å². The number of nitrogens with zero attached hydrogens (tertiary/aromatic N) is 5. The van der Waals surface area contributed by atoms with Crippen LogP contribution in [0.25, 0.3) is 4.85 Å². The lowest BCUT2D eigenvalue weighted by atomic mass is 9.93. The third-order valence-corrected chi connectivity index (χ3v) is 6.05. The second-order valence-electron chi connectivity index (χ2n) is 7.73. The van der Waals surface area contributed by atoms with Crippen molar-refractivity contribution in [2.24, 2.45) is 0 Å². The van der Waals surface area contributed by atoms with Gasteiger partial charge in [-0.3, -0.25) is 9.59 Å². The molecule has 1 fully saturated rings. The minimum Gasteiger partial charge on any atom is -0.364 e. The van der Waals surface area contributed by atoms with Crippen LogP contribution in [0.4, 0.5) is 5.69 Å². The summed E-state index contributed by atoms with van der Waals surface area (Å²) in [5, 5.41) is 3.84. The number of carbonyl (C=O) groups excluding carboxylic acids is 2. The molecule has 3 aromatic rings. The maximum Gasteiger partial charge on any atom is 0.271 e. The van der Waals surface area contributed by atoms with E-state index in [1.165, 1.54) is 6.26 Å². The second-order valence-corrected chi connectivity index (χ2v) is 7.73. The predicted octanol–water partition coefficient (Wildman–Crippen LogP) is 3.11. The van der Waals surface area contributed by atoms with Crippen molar-refractivity contribution in [1.82, 2.24) is 19.5 Å². The topological polar surface area (TPSA) is 75.9 Å². The van der Waals surface area contributed by atoms with Gasteiger partial charge in [-0.15, -0.1) is 0 Å². The Balaban J connectivity index is 1.71. The van der Waals surface area contributed by atoms with Crippen molar-refractivity contribution < 1.29 is 14.1 Å². The maximum absolute atomic E-state index is 13.5. The molecule has 1 unspecified atom stereocenters. The molecule has 8 heteroatoms. The van der Waals surface area contributed by atoms with Gasteiger partial charge < -0.3 is 18.9 Å². The van der Waals surface area contributed by atoms with Crippen LogP contribution >= 0.6 is 0 Å². The van der Waals surface area contributed by atoms with E-state index < -0.39 is 5.66 Å². The molecule has 0 saturated carbocycles. The van der Waals surface area contributed by atoms with Crippen molar-refractivity contribution in [2.45, 2.75) is 26.1 Å². The summed E-state index contributed by atoms with van der Waals surface area (Å²) in [6.45, 7) is 12.2. The lowest BCUT2D eigenvalue weighted by Crippen LogP contribution is -2.60. The minimum atomic E-state index is -0.989. The highest BCUT2D eigenvalue weighted by Crippen LogP contribution is 2.44. The Hall–Kier alpha value is -3.86. The molecule has 0 bridgehead atoms. The number of fused-ring (bicyclic) bond motifs is 2. The first-order chi connectivity index (χ1) is 14.5. The molecule has 0 spiro atoms. The number of rotatable bonds is 2. The molecule has 0 aliphatic carbocycles. The summed E-state index contributed by atoms with van der Waals surface area (Å²) in [6, 6.07) is 9.50. The highest BCUT2D eigenvalue weighted by Gasteiger charge is 2.56. The lowest BCUT2D eigenvalue weighted by Gasteiger charge is -2.47. The number of carbonyl (C=O) groups is 2. The van der Waals surface area contributed by atoms with Gasteiger partial charge >= 0.3 is 0 Å². The van der Waals surface area contributed by atoms with Crippen molar-refractivity contribution in [2.75, 3.05) is 13.1 Å². The van der Waals surface area contributed by atoms with Crippen LogP contribution in [0.3, 0.4) is 0 Å². The number of aromatic nitrogens is 2. The fourth-order valence-corrected chi connectivity index (χ4v) is 4.53. The fraction of sp³-hybridized carbons (Fsp3) is 0.273. The van der Waals surface area contributed by atoms with Crippen LogP contribution in [-0.4, -0.2) is 44.4 Å². The van der Waals surface area contributed by atoms with Crippen LogP contribution < -0.4 is 0 Å². The minimum absolute atomic E-state index is 0.186. The zero-order valence-electron chi connectivity index (χ0n) is 16.6. The van der Waals surface area contributed by atoms with Gasteiger partial charge in [0, 0.05) is 19.3 Å². The van der Waals surface area contributed by atoms with Gasteiger partial charge in [0.25, 0.3) is 11.8 Å². The monoisotopic (exact) mass is 401 g/mol. The van der Waals surface area contributed by atoms with E-state index in [-0.39, 0.29) is 11.8 Å². The second kappa shape index (κ2) is 6.32. The van der Waals surface area contributed by atoms with Crippen LogP contribution in [0, 0.1) is 20.4 Å². The van der Waals surface area contributed by atoms with E-state index in [0.717, 1.165) is 11.1 Å². The summed E-state index contributed by atoms with van der Waals surface area (Å²) < 4.78 is 6.78. The Morgan fingerprint density at radius 1 is 1.23 bits per heavy atom. The molecular weight excluding hydrogens is 382 g/mol. The third kappa shape index (κ3) is 2.35. The lowest BCUT2D eigenvalue weighted by molar-refractivity contribution is -0.00596. The summed E-state index contributed by atoms with van der Waals surface area (Å²) in [4.78, 5) is 33.9. The van der Waals surface area contributed by atoms with E-state index in [4.69, 9.17) is 11.1 Å². The first kappa shape index (κ1) is 18.2. The van der Waals surface area contributed by atoms with Gasteiger partial charge in [0.2, 0.25) is 5.69 Å². The largest absolute Gasteiger partial charge is 0.364 e. The average molecular weight is 401 g/mol. The molecule has 2 amide bonds. The zero-order valence-corrected chi connectivity index (χ0v) is 16.6. The normalized spacial score (nSPS) is 20.1. The summed E-state index contributed by atoms with van der Waals surface area (Å²) >= 11 is 0. The van der Waals surface area contributed by atoms with Gasteiger partial charge in [0.1, 0.15) is 11.8 Å². The number of hydrogen-bond donors (Lipinski definition) is 0. The fourth-order valence-electron chi connectivity index (χ4n) is 4.53. The third-order valence-electron chi connectivity index (χ3n) is 6.05. The van der Waals surface area contributed by atoms with E-state index in [1.54, 1.807) is 33.6 Å². The average Bonchev–Trinajstić information content (AvgIpc) is 3.45. The quantitative estimate of drug-likeness (QED) is 0.619. The highest BCUT2D eigenvalue weighted by atomic mass is 16.5. The van der Waals surface area contributed by atoms with Gasteiger partial charge in [-0.2, -0.15) is 0 Å². The SMILES string of the molecule is [C-]#[N+]c1cc2n(c1)CC1(c3ccc(C)cc3)N(C(=O)c3conc3C)CCN1C2=O. The number of aryl methyl sites for hydroxylation is 2. The van der Waals surface area contributed by atoms with Crippen LogP contribution in [0.1, 0.15) is 37.7 Å². The molecular formula is C22H19N5O3. The van der Waals surface area contributed by atoms with Gasteiger partial charge in [-0.25, -0.2) is 4.85 Å². The number of benzene rings is 1. The molecule has 1 saturated heterocycles. The number of hydrogen-bond acceptors (Lipinski definition) is 4. The Morgan fingerprint density at radius 3 is 2.67 bits per heavy atom. The Kier molecular flexibility index (Phi) is 3.83. The number of amides is 2.